The second-order valence-electron chi connectivity index (χ2n) is 6.42. The fourth-order valence-corrected chi connectivity index (χ4v) is 3.41. The summed E-state index contributed by atoms with van der Waals surface area (Å²) in [5.74, 6) is 1.46. The maximum absolute atomic E-state index is 5.78. The number of fused-ring (bicyclic) bond motifs is 2. The molecule has 0 unspecified atom stereocenters. The van der Waals surface area contributed by atoms with Crippen LogP contribution in [0.2, 0.25) is 0 Å². The van der Waals surface area contributed by atoms with Crippen molar-refractivity contribution in [1.29, 1.82) is 0 Å². The Kier molecular flexibility index (Phi) is 3.41. The molecule has 0 saturated carbocycles. The van der Waals surface area contributed by atoms with Crippen molar-refractivity contribution in [1.82, 2.24) is 24.9 Å². The minimum Gasteiger partial charge on any atom is -0.492 e. The largest absolute Gasteiger partial charge is 0.492 e. The number of hydrogen-bond acceptors (Lipinski definition) is 5. The van der Waals surface area contributed by atoms with Gasteiger partial charge in [-0.1, -0.05) is 6.07 Å². The quantitative estimate of drug-likeness (QED) is 0.600. The van der Waals surface area contributed by atoms with Crippen molar-refractivity contribution in [2.45, 2.75) is 19.8 Å². The van der Waals surface area contributed by atoms with Crippen LogP contribution < -0.4 is 4.74 Å². The molecule has 0 saturated heterocycles. The lowest BCUT2D eigenvalue weighted by atomic mass is 9.99. The van der Waals surface area contributed by atoms with E-state index < -0.39 is 0 Å². The summed E-state index contributed by atoms with van der Waals surface area (Å²) in [4.78, 5) is 21.7. The van der Waals surface area contributed by atoms with Crippen molar-refractivity contribution in [2.24, 2.45) is 0 Å². The standard InChI is InChI=1S/C20H17N5O/c1-12-4-2-6-16(23-12)20-24-18(14-7-8-22-19(14)25-20)15-10-21-11-17-13(15)5-3-9-26-17/h2,4,6-8,10-11H,3,5,9H2,1H3,(H,22,24,25). The number of nitrogens with one attached hydrogen (secondary N) is 1. The van der Waals surface area contributed by atoms with E-state index in [1.54, 1.807) is 6.20 Å². The van der Waals surface area contributed by atoms with E-state index in [-0.39, 0.29) is 0 Å². The van der Waals surface area contributed by atoms with E-state index in [4.69, 9.17) is 9.72 Å². The second-order valence-corrected chi connectivity index (χ2v) is 6.42. The molecule has 26 heavy (non-hydrogen) atoms. The molecule has 5 rings (SSSR count). The zero-order valence-electron chi connectivity index (χ0n) is 14.4. The normalized spacial score (nSPS) is 13.4. The molecule has 0 radical (unpaired) electrons. The van der Waals surface area contributed by atoms with Gasteiger partial charge >= 0.3 is 0 Å². The van der Waals surface area contributed by atoms with Gasteiger partial charge < -0.3 is 9.72 Å². The van der Waals surface area contributed by atoms with Gasteiger partial charge in [-0.3, -0.25) is 4.98 Å². The molecule has 6 nitrogen and oxygen atoms in total. The number of aromatic amines is 1. The number of nitrogens with zero attached hydrogens (tertiary/aromatic N) is 4. The Morgan fingerprint density at radius 2 is 2.04 bits per heavy atom. The molecule has 0 bridgehead atoms. The average molecular weight is 343 g/mol. The monoisotopic (exact) mass is 343 g/mol. The van der Waals surface area contributed by atoms with Gasteiger partial charge in [-0.2, -0.15) is 0 Å². The molecule has 0 aromatic carbocycles. The predicted molar refractivity (Wildman–Crippen MR) is 98.9 cm³/mol. The molecule has 0 aliphatic carbocycles. The topological polar surface area (TPSA) is 76.6 Å². The van der Waals surface area contributed by atoms with Crippen LogP contribution >= 0.6 is 0 Å². The van der Waals surface area contributed by atoms with Crippen LogP contribution in [0.25, 0.3) is 33.8 Å². The van der Waals surface area contributed by atoms with Crippen LogP contribution in [-0.2, 0) is 6.42 Å². The third kappa shape index (κ3) is 2.42. The van der Waals surface area contributed by atoms with Crippen molar-refractivity contribution in [3.63, 3.8) is 0 Å². The molecule has 0 spiro atoms. The maximum atomic E-state index is 5.78. The Hall–Kier alpha value is -3.28. The van der Waals surface area contributed by atoms with Gasteiger partial charge in [-0.15, -0.1) is 0 Å². The van der Waals surface area contributed by atoms with E-state index in [9.17, 15) is 0 Å². The first-order valence-electron chi connectivity index (χ1n) is 8.69. The highest BCUT2D eigenvalue weighted by atomic mass is 16.5. The first kappa shape index (κ1) is 15.0. The van der Waals surface area contributed by atoms with Crippen LogP contribution in [-0.4, -0.2) is 31.5 Å². The number of H-pyrrole nitrogens is 1. The van der Waals surface area contributed by atoms with Crippen molar-refractivity contribution in [3.05, 3.63) is 54.1 Å². The van der Waals surface area contributed by atoms with E-state index in [0.29, 0.717) is 5.82 Å². The lowest BCUT2D eigenvalue weighted by Gasteiger charge is -2.19. The maximum Gasteiger partial charge on any atom is 0.180 e. The van der Waals surface area contributed by atoms with Gasteiger partial charge in [-0.05, 0) is 38.0 Å². The van der Waals surface area contributed by atoms with Crippen LogP contribution in [0.3, 0.4) is 0 Å². The smallest absolute Gasteiger partial charge is 0.180 e. The third-order valence-corrected chi connectivity index (χ3v) is 4.63. The number of hydrogen-bond donors (Lipinski definition) is 1. The summed E-state index contributed by atoms with van der Waals surface area (Å²) in [5.41, 5.74) is 5.52. The van der Waals surface area contributed by atoms with E-state index >= 15 is 0 Å². The van der Waals surface area contributed by atoms with Crippen LogP contribution in [0, 0.1) is 6.92 Å². The zero-order chi connectivity index (χ0) is 17.5. The van der Waals surface area contributed by atoms with Crippen LogP contribution in [0.15, 0.2) is 42.9 Å². The van der Waals surface area contributed by atoms with Gasteiger partial charge in [0.15, 0.2) is 5.82 Å². The van der Waals surface area contributed by atoms with Crippen molar-refractivity contribution >= 4 is 11.0 Å². The van der Waals surface area contributed by atoms with Gasteiger partial charge in [0.2, 0.25) is 0 Å². The molecule has 5 heterocycles. The highest BCUT2D eigenvalue weighted by Crippen LogP contribution is 2.36. The van der Waals surface area contributed by atoms with Gasteiger partial charge in [0.25, 0.3) is 0 Å². The van der Waals surface area contributed by atoms with Crippen LogP contribution in [0.4, 0.5) is 0 Å². The molecule has 128 valence electrons. The second kappa shape index (κ2) is 5.91. The SMILES string of the molecule is Cc1cccc(-c2nc(-c3cncc4c3CCCO4)c3cc[nH]c3n2)n1. The molecular formula is C20H17N5O. The number of pyridine rings is 2. The van der Waals surface area contributed by atoms with Crippen LogP contribution in [0.1, 0.15) is 17.7 Å². The van der Waals surface area contributed by atoms with Gasteiger partial charge in [0.1, 0.15) is 17.1 Å². The predicted octanol–water partition coefficient (Wildman–Crippen LogP) is 3.72. The summed E-state index contributed by atoms with van der Waals surface area (Å²) in [6.07, 6.45) is 7.50. The Bertz CT molecular complexity index is 1120. The average Bonchev–Trinajstić information content (AvgIpc) is 3.15. The Morgan fingerprint density at radius 1 is 1.08 bits per heavy atom. The number of rotatable bonds is 2. The highest BCUT2D eigenvalue weighted by molar-refractivity contribution is 5.93. The van der Waals surface area contributed by atoms with Crippen molar-refractivity contribution in [2.75, 3.05) is 6.61 Å². The summed E-state index contributed by atoms with van der Waals surface area (Å²) in [7, 11) is 0. The molecule has 4 aromatic rings. The first-order valence-corrected chi connectivity index (χ1v) is 8.69. The molecule has 1 aliphatic heterocycles. The lowest BCUT2D eigenvalue weighted by Crippen LogP contribution is -2.10. The van der Waals surface area contributed by atoms with E-state index in [0.717, 1.165) is 64.4 Å². The fraction of sp³-hybridized carbons (Fsp3) is 0.200. The van der Waals surface area contributed by atoms with Crippen molar-refractivity contribution < 1.29 is 4.74 Å². The molecule has 6 heteroatoms. The van der Waals surface area contributed by atoms with E-state index in [2.05, 4.69) is 19.9 Å². The summed E-state index contributed by atoms with van der Waals surface area (Å²) in [6.45, 7) is 2.70. The summed E-state index contributed by atoms with van der Waals surface area (Å²) in [6, 6.07) is 7.87. The van der Waals surface area contributed by atoms with Gasteiger partial charge in [-0.25, -0.2) is 15.0 Å². The summed E-state index contributed by atoms with van der Waals surface area (Å²) < 4.78 is 5.78. The molecular weight excluding hydrogens is 326 g/mol. The Morgan fingerprint density at radius 3 is 2.96 bits per heavy atom. The molecule has 0 amide bonds. The molecule has 0 atom stereocenters. The van der Waals surface area contributed by atoms with Crippen LogP contribution in [0.5, 0.6) is 5.75 Å². The third-order valence-electron chi connectivity index (χ3n) is 4.63. The van der Waals surface area contributed by atoms with E-state index in [1.807, 2.05) is 43.6 Å². The minimum absolute atomic E-state index is 0.605. The molecule has 4 aromatic heterocycles. The summed E-state index contributed by atoms with van der Waals surface area (Å²) in [5, 5.41) is 0.974. The first-order chi connectivity index (χ1) is 12.8. The number of aromatic nitrogens is 5. The Balaban J connectivity index is 1.77. The van der Waals surface area contributed by atoms with E-state index in [1.165, 1.54) is 0 Å². The number of ether oxygens (including phenoxy) is 1. The summed E-state index contributed by atoms with van der Waals surface area (Å²) >= 11 is 0. The Labute approximate surface area is 150 Å². The number of aryl methyl sites for hydroxylation is 1. The molecule has 1 N–H and O–H groups in total. The highest BCUT2D eigenvalue weighted by Gasteiger charge is 2.20. The van der Waals surface area contributed by atoms with Crippen molar-refractivity contribution in [3.8, 4) is 28.5 Å². The minimum atomic E-state index is 0.605. The fourth-order valence-electron chi connectivity index (χ4n) is 3.41. The van der Waals surface area contributed by atoms with Gasteiger partial charge in [0, 0.05) is 34.6 Å². The van der Waals surface area contributed by atoms with Gasteiger partial charge in [0.05, 0.1) is 18.5 Å². The molecule has 0 fully saturated rings. The molecule has 1 aliphatic rings. The lowest BCUT2D eigenvalue weighted by molar-refractivity contribution is 0.287. The zero-order valence-corrected chi connectivity index (χ0v) is 14.4.